The SMILES string of the molecule is O=C1CCO[C@@](CO)(C2CC2)C1. The van der Waals surface area contributed by atoms with Crippen molar-refractivity contribution in [2.45, 2.75) is 31.3 Å². The van der Waals surface area contributed by atoms with E-state index in [4.69, 9.17) is 4.74 Å². The van der Waals surface area contributed by atoms with Gasteiger partial charge in [0, 0.05) is 12.8 Å². The Morgan fingerprint density at radius 2 is 2.33 bits per heavy atom. The van der Waals surface area contributed by atoms with E-state index in [0.29, 0.717) is 25.4 Å². The van der Waals surface area contributed by atoms with Crippen LogP contribution in [0, 0.1) is 5.92 Å². The van der Waals surface area contributed by atoms with E-state index in [1.807, 2.05) is 0 Å². The summed E-state index contributed by atoms with van der Waals surface area (Å²) in [5, 5.41) is 9.19. The lowest BCUT2D eigenvalue weighted by Gasteiger charge is -2.35. The van der Waals surface area contributed by atoms with Crippen LogP contribution in [0.3, 0.4) is 0 Å². The number of hydrogen-bond acceptors (Lipinski definition) is 3. The number of aliphatic hydroxyl groups is 1. The molecule has 12 heavy (non-hydrogen) atoms. The molecule has 0 radical (unpaired) electrons. The Morgan fingerprint density at radius 1 is 1.58 bits per heavy atom. The molecule has 0 unspecified atom stereocenters. The Labute approximate surface area is 71.7 Å². The van der Waals surface area contributed by atoms with Crippen LogP contribution in [0.4, 0.5) is 0 Å². The van der Waals surface area contributed by atoms with Crippen molar-refractivity contribution in [2.75, 3.05) is 13.2 Å². The summed E-state index contributed by atoms with van der Waals surface area (Å²) in [6.07, 6.45) is 3.16. The predicted octanol–water partition coefficient (Wildman–Crippen LogP) is 0.507. The molecule has 2 aliphatic rings. The highest BCUT2D eigenvalue weighted by Crippen LogP contribution is 2.45. The topological polar surface area (TPSA) is 46.5 Å². The molecule has 3 heteroatoms. The van der Waals surface area contributed by atoms with Gasteiger partial charge in [0.25, 0.3) is 0 Å². The minimum atomic E-state index is -0.491. The largest absolute Gasteiger partial charge is 0.393 e. The van der Waals surface area contributed by atoms with Gasteiger partial charge in [-0.1, -0.05) is 0 Å². The molecule has 0 spiro atoms. The van der Waals surface area contributed by atoms with Crippen LogP contribution in [0.1, 0.15) is 25.7 Å². The summed E-state index contributed by atoms with van der Waals surface area (Å²) in [6, 6.07) is 0. The van der Waals surface area contributed by atoms with Crippen LogP contribution >= 0.6 is 0 Å². The lowest BCUT2D eigenvalue weighted by Crippen LogP contribution is -2.45. The van der Waals surface area contributed by atoms with Gasteiger partial charge >= 0.3 is 0 Å². The van der Waals surface area contributed by atoms with Crippen LogP contribution in [0.2, 0.25) is 0 Å². The molecule has 3 nitrogen and oxygen atoms in total. The number of aliphatic hydroxyl groups excluding tert-OH is 1. The lowest BCUT2D eigenvalue weighted by molar-refractivity contribution is -0.151. The fourth-order valence-electron chi connectivity index (χ4n) is 1.94. The van der Waals surface area contributed by atoms with Crippen LogP contribution in [0.5, 0.6) is 0 Å². The number of Topliss-reactive ketones (excluding diaryl/α,β-unsaturated/α-hetero) is 1. The highest BCUT2D eigenvalue weighted by Gasteiger charge is 2.48. The molecule has 1 heterocycles. The highest BCUT2D eigenvalue weighted by molar-refractivity contribution is 5.80. The van der Waals surface area contributed by atoms with Gasteiger partial charge in [-0.15, -0.1) is 0 Å². The monoisotopic (exact) mass is 170 g/mol. The van der Waals surface area contributed by atoms with Crippen molar-refractivity contribution in [1.29, 1.82) is 0 Å². The molecule has 1 saturated carbocycles. The molecule has 1 aliphatic heterocycles. The van der Waals surface area contributed by atoms with E-state index in [1.165, 1.54) is 0 Å². The first-order valence-corrected chi connectivity index (χ1v) is 4.53. The van der Waals surface area contributed by atoms with Gasteiger partial charge in [0.1, 0.15) is 11.4 Å². The fourth-order valence-corrected chi connectivity index (χ4v) is 1.94. The van der Waals surface area contributed by atoms with E-state index in [0.717, 1.165) is 12.8 Å². The Hall–Kier alpha value is -0.410. The zero-order chi connectivity index (χ0) is 8.60. The molecule has 2 rings (SSSR count). The number of carbonyl (C=O) groups excluding carboxylic acids is 1. The maximum absolute atomic E-state index is 11.2. The third-order valence-electron chi connectivity index (χ3n) is 2.86. The van der Waals surface area contributed by atoms with E-state index >= 15 is 0 Å². The molecule has 0 aromatic carbocycles. The second kappa shape index (κ2) is 2.82. The third kappa shape index (κ3) is 1.27. The molecule has 1 atom stereocenters. The third-order valence-corrected chi connectivity index (χ3v) is 2.86. The summed E-state index contributed by atoms with van der Waals surface area (Å²) in [5.41, 5.74) is -0.491. The molecule has 68 valence electrons. The summed E-state index contributed by atoms with van der Waals surface area (Å²) in [6.45, 7) is 0.499. The molecule has 1 saturated heterocycles. The Balaban J connectivity index is 2.08. The number of carbonyl (C=O) groups is 1. The molecule has 1 aliphatic carbocycles. The maximum atomic E-state index is 11.2. The van der Waals surface area contributed by atoms with Gasteiger partial charge in [0.2, 0.25) is 0 Å². The second-order valence-corrected chi connectivity index (χ2v) is 3.81. The van der Waals surface area contributed by atoms with Gasteiger partial charge in [0.05, 0.1) is 13.2 Å². The molecule has 1 N–H and O–H groups in total. The quantitative estimate of drug-likeness (QED) is 0.656. The fraction of sp³-hybridized carbons (Fsp3) is 0.889. The van der Waals surface area contributed by atoms with Crippen LogP contribution < -0.4 is 0 Å². The number of ketones is 1. The van der Waals surface area contributed by atoms with Crippen molar-refractivity contribution in [1.82, 2.24) is 0 Å². The van der Waals surface area contributed by atoms with Crippen LogP contribution in [0.25, 0.3) is 0 Å². The van der Waals surface area contributed by atoms with E-state index in [2.05, 4.69) is 0 Å². The van der Waals surface area contributed by atoms with Crippen molar-refractivity contribution >= 4 is 5.78 Å². The number of rotatable bonds is 2. The summed E-state index contributed by atoms with van der Waals surface area (Å²) in [7, 11) is 0. The van der Waals surface area contributed by atoms with Gasteiger partial charge in [-0.2, -0.15) is 0 Å². The van der Waals surface area contributed by atoms with Crippen molar-refractivity contribution in [3.8, 4) is 0 Å². The molecule has 0 bridgehead atoms. The van der Waals surface area contributed by atoms with Crippen molar-refractivity contribution in [2.24, 2.45) is 5.92 Å². The predicted molar refractivity (Wildman–Crippen MR) is 42.7 cm³/mol. The zero-order valence-corrected chi connectivity index (χ0v) is 7.08. The highest BCUT2D eigenvalue weighted by atomic mass is 16.5. The lowest BCUT2D eigenvalue weighted by atomic mass is 9.89. The summed E-state index contributed by atoms with van der Waals surface area (Å²) in [4.78, 5) is 11.2. The van der Waals surface area contributed by atoms with Crippen molar-refractivity contribution < 1.29 is 14.6 Å². The first-order chi connectivity index (χ1) is 5.77. The van der Waals surface area contributed by atoms with Crippen molar-refractivity contribution in [3.63, 3.8) is 0 Å². The molecular weight excluding hydrogens is 156 g/mol. The van der Waals surface area contributed by atoms with Crippen LogP contribution in [0.15, 0.2) is 0 Å². The normalized spacial score (nSPS) is 36.9. The molecule has 0 amide bonds. The smallest absolute Gasteiger partial charge is 0.138 e. The first-order valence-electron chi connectivity index (χ1n) is 4.53. The molecule has 0 aromatic heterocycles. The van der Waals surface area contributed by atoms with Gasteiger partial charge < -0.3 is 9.84 Å². The molecular formula is C9H14O3. The molecule has 0 aromatic rings. The molecule has 2 fully saturated rings. The first kappa shape index (κ1) is 8.20. The van der Waals surface area contributed by atoms with Gasteiger partial charge in [-0.25, -0.2) is 0 Å². The Morgan fingerprint density at radius 3 is 2.83 bits per heavy atom. The van der Waals surface area contributed by atoms with Gasteiger partial charge in [0.15, 0.2) is 0 Å². The summed E-state index contributed by atoms with van der Waals surface area (Å²) < 4.78 is 5.54. The Kier molecular flexibility index (Phi) is 1.93. The standard InChI is InChI=1S/C9H14O3/c10-6-9(7-1-2-7)5-8(11)3-4-12-9/h7,10H,1-6H2/t9-/m0/s1. The van der Waals surface area contributed by atoms with Crippen molar-refractivity contribution in [3.05, 3.63) is 0 Å². The maximum Gasteiger partial charge on any atom is 0.138 e. The van der Waals surface area contributed by atoms with Gasteiger partial charge in [-0.05, 0) is 18.8 Å². The van der Waals surface area contributed by atoms with Gasteiger partial charge in [-0.3, -0.25) is 4.79 Å². The summed E-state index contributed by atoms with van der Waals surface area (Å²) >= 11 is 0. The second-order valence-electron chi connectivity index (χ2n) is 3.81. The van der Waals surface area contributed by atoms with E-state index < -0.39 is 5.60 Å². The minimum Gasteiger partial charge on any atom is -0.393 e. The van der Waals surface area contributed by atoms with E-state index in [9.17, 15) is 9.90 Å². The minimum absolute atomic E-state index is 0.00338. The van der Waals surface area contributed by atoms with E-state index in [-0.39, 0.29) is 12.4 Å². The number of hydrogen-bond donors (Lipinski definition) is 1. The average Bonchev–Trinajstić information content (AvgIpc) is 2.86. The zero-order valence-electron chi connectivity index (χ0n) is 7.08. The van der Waals surface area contributed by atoms with Crippen LogP contribution in [-0.4, -0.2) is 29.7 Å². The summed E-state index contributed by atoms with van der Waals surface area (Å²) in [5.74, 6) is 0.675. The Bertz CT molecular complexity index is 198. The van der Waals surface area contributed by atoms with E-state index in [1.54, 1.807) is 0 Å². The van der Waals surface area contributed by atoms with Crippen LogP contribution in [-0.2, 0) is 9.53 Å². The average molecular weight is 170 g/mol. The number of ether oxygens (including phenoxy) is 1.